The molecule has 0 saturated heterocycles. The number of nitrogens with one attached hydrogen (secondary N) is 2. The van der Waals surface area contributed by atoms with Crippen molar-refractivity contribution in [3.63, 3.8) is 0 Å². The van der Waals surface area contributed by atoms with Crippen LogP contribution in [-0.4, -0.2) is 19.6 Å². The van der Waals surface area contributed by atoms with Crippen LogP contribution in [0.3, 0.4) is 0 Å². The summed E-state index contributed by atoms with van der Waals surface area (Å²) < 4.78 is 5.32. The smallest absolute Gasteiger partial charge is 0.225 e. The second kappa shape index (κ2) is 7.68. The fraction of sp³-hybridized carbons (Fsp3) is 0.368. The maximum absolute atomic E-state index is 12.4. The zero-order valence-electron chi connectivity index (χ0n) is 14.4. The third-order valence-electron chi connectivity index (χ3n) is 4.53. The second-order valence-electron chi connectivity index (χ2n) is 6.04. The molecule has 0 saturated carbocycles. The van der Waals surface area contributed by atoms with E-state index in [9.17, 15) is 10.1 Å². The van der Waals surface area contributed by atoms with Gasteiger partial charge in [0.2, 0.25) is 5.91 Å². The third kappa shape index (κ3) is 3.68. The fourth-order valence-corrected chi connectivity index (χ4v) is 4.31. The van der Waals surface area contributed by atoms with Crippen LogP contribution >= 0.6 is 11.3 Å². The van der Waals surface area contributed by atoms with Crippen LogP contribution in [0.1, 0.15) is 33.6 Å². The van der Waals surface area contributed by atoms with Gasteiger partial charge in [-0.05, 0) is 49.1 Å². The summed E-state index contributed by atoms with van der Waals surface area (Å²) in [6.45, 7) is 3.65. The van der Waals surface area contributed by atoms with Crippen LogP contribution in [0.15, 0.2) is 18.2 Å². The van der Waals surface area contributed by atoms with E-state index in [1.54, 1.807) is 7.11 Å². The van der Waals surface area contributed by atoms with Gasteiger partial charge in [0, 0.05) is 17.8 Å². The van der Waals surface area contributed by atoms with Gasteiger partial charge in [-0.1, -0.05) is 12.1 Å². The van der Waals surface area contributed by atoms with Crippen LogP contribution < -0.4 is 15.4 Å². The van der Waals surface area contributed by atoms with Crippen molar-refractivity contribution < 1.29 is 9.53 Å². The molecule has 2 N–H and O–H groups in total. The van der Waals surface area contributed by atoms with Gasteiger partial charge in [0.15, 0.2) is 0 Å². The maximum atomic E-state index is 12.4. The average molecular weight is 355 g/mol. The molecule has 130 valence electrons. The van der Waals surface area contributed by atoms with Crippen molar-refractivity contribution in [3.8, 4) is 11.8 Å². The van der Waals surface area contributed by atoms with Gasteiger partial charge in [-0.2, -0.15) is 5.26 Å². The summed E-state index contributed by atoms with van der Waals surface area (Å²) in [5, 5.41) is 16.4. The number of carbonyl (C=O) groups is 1. The van der Waals surface area contributed by atoms with E-state index >= 15 is 0 Å². The molecule has 0 fully saturated rings. The first-order chi connectivity index (χ1) is 12.1. The normalized spacial score (nSPS) is 13.0. The van der Waals surface area contributed by atoms with Crippen molar-refractivity contribution in [3.05, 3.63) is 45.3 Å². The van der Waals surface area contributed by atoms with Crippen LogP contribution in [0.2, 0.25) is 0 Å². The number of fused-ring (bicyclic) bond motifs is 1. The molecule has 6 heteroatoms. The number of rotatable bonds is 5. The van der Waals surface area contributed by atoms with Crippen molar-refractivity contribution in [2.24, 2.45) is 0 Å². The van der Waals surface area contributed by atoms with E-state index in [0.717, 1.165) is 46.8 Å². The van der Waals surface area contributed by atoms with Gasteiger partial charge in [0.05, 0.1) is 12.7 Å². The SMILES string of the molecule is COc1cccc(CCC(=O)Nc2sc3c(c2C#N)CCNC3)c1C. The first kappa shape index (κ1) is 17.5. The van der Waals surface area contributed by atoms with E-state index in [0.29, 0.717) is 23.4 Å². The average Bonchev–Trinajstić information content (AvgIpc) is 2.97. The van der Waals surface area contributed by atoms with Crippen LogP contribution in [0.4, 0.5) is 5.00 Å². The Balaban J connectivity index is 1.68. The summed E-state index contributed by atoms with van der Waals surface area (Å²) in [6.07, 6.45) is 1.86. The first-order valence-electron chi connectivity index (χ1n) is 8.31. The van der Waals surface area contributed by atoms with Crippen LogP contribution in [0, 0.1) is 18.3 Å². The topological polar surface area (TPSA) is 74.1 Å². The summed E-state index contributed by atoms with van der Waals surface area (Å²) in [5.41, 5.74) is 3.88. The molecule has 0 unspecified atom stereocenters. The van der Waals surface area contributed by atoms with Gasteiger partial charge in [-0.25, -0.2) is 0 Å². The second-order valence-corrected chi connectivity index (χ2v) is 7.14. The highest BCUT2D eigenvalue weighted by Gasteiger charge is 2.21. The first-order valence-corrected chi connectivity index (χ1v) is 9.13. The minimum Gasteiger partial charge on any atom is -0.496 e. The molecule has 0 spiro atoms. The van der Waals surface area contributed by atoms with Crippen molar-refractivity contribution in [2.45, 2.75) is 32.7 Å². The van der Waals surface area contributed by atoms with Gasteiger partial charge < -0.3 is 15.4 Å². The lowest BCUT2D eigenvalue weighted by Crippen LogP contribution is -2.22. The minimum absolute atomic E-state index is 0.0646. The molecule has 25 heavy (non-hydrogen) atoms. The number of anilines is 1. The number of carbonyl (C=O) groups excluding carboxylic acids is 1. The van der Waals surface area contributed by atoms with Gasteiger partial charge in [-0.15, -0.1) is 11.3 Å². The summed E-state index contributed by atoms with van der Waals surface area (Å²) in [6, 6.07) is 8.13. The largest absolute Gasteiger partial charge is 0.496 e. The van der Waals surface area contributed by atoms with E-state index in [4.69, 9.17) is 4.74 Å². The number of methoxy groups -OCH3 is 1. The lowest BCUT2D eigenvalue weighted by Gasteiger charge is -2.11. The molecule has 1 aromatic carbocycles. The zero-order chi connectivity index (χ0) is 17.8. The highest BCUT2D eigenvalue weighted by molar-refractivity contribution is 7.16. The van der Waals surface area contributed by atoms with E-state index < -0.39 is 0 Å². The third-order valence-corrected chi connectivity index (χ3v) is 5.68. The fourth-order valence-electron chi connectivity index (χ4n) is 3.13. The summed E-state index contributed by atoms with van der Waals surface area (Å²) in [5.74, 6) is 0.772. The molecule has 1 aliphatic rings. The van der Waals surface area contributed by atoms with E-state index in [-0.39, 0.29) is 5.91 Å². The van der Waals surface area contributed by atoms with Crippen molar-refractivity contribution in [2.75, 3.05) is 19.0 Å². The molecule has 1 aliphatic heterocycles. The molecule has 5 nitrogen and oxygen atoms in total. The van der Waals surface area contributed by atoms with Crippen molar-refractivity contribution >= 4 is 22.2 Å². The van der Waals surface area contributed by atoms with Crippen molar-refractivity contribution in [1.29, 1.82) is 5.26 Å². The van der Waals surface area contributed by atoms with E-state index in [1.807, 2.05) is 25.1 Å². The predicted molar refractivity (Wildman–Crippen MR) is 99.1 cm³/mol. The quantitative estimate of drug-likeness (QED) is 0.864. The number of benzene rings is 1. The Morgan fingerprint density at radius 1 is 1.48 bits per heavy atom. The number of amides is 1. The molecule has 2 heterocycles. The molecular weight excluding hydrogens is 334 g/mol. The Morgan fingerprint density at radius 3 is 3.08 bits per heavy atom. The number of hydrogen-bond acceptors (Lipinski definition) is 5. The highest BCUT2D eigenvalue weighted by Crippen LogP contribution is 2.35. The Bertz CT molecular complexity index is 836. The minimum atomic E-state index is -0.0646. The monoisotopic (exact) mass is 355 g/mol. The lowest BCUT2D eigenvalue weighted by atomic mass is 10.0. The number of ether oxygens (including phenoxy) is 1. The maximum Gasteiger partial charge on any atom is 0.225 e. The van der Waals surface area contributed by atoms with Gasteiger partial charge >= 0.3 is 0 Å². The Labute approximate surface area is 151 Å². The molecule has 1 amide bonds. The summed E-state index contributed by atoms with van der Waals surface area (Å²) >= 11 is 1.51. The lowest BCUT2D eigenvalue weighted by molar-refractivity contribution is -0.116. The van der Waals surface area contributed by atoms with Gasteiger partial charge in [0.25, 0.3) is 0 Å². The Morgan fingerprint density at radius 2 is 2.32 bits per heavy atom. The number of thiophene rings is 1. The molecule has 0 atom stereocenters. The Hall–Kier alpha value is -2.36. The summed E-state index contributed by atoms with van der Waals surface area (Å²) in [4.78, 5) is 13.5. The predicted octanol–water partition coefficient (Wildman–Crippen LogP) is 3.15. The van der Waals surface area contributed by atoms with Crippen LogP contribution in [0.5, 0.6) is 5.75 Å². The number of nitriles is 1. The molecule has 2 aromatic rings. The number of hydrogen-bond donors (Lipinski definition) is 2. The van der Waals surface area contributed by atoms with Crippen molar-refractivity contribution in [1.82, 2.24) is 5.32 Å². The highest BCUT2D eigenvalue weighted by atomic mass is 32.1. The number of aryl methyl sites for hydroxylation is 1. The molecule has 0 aliphatic carbocycles. The zero-order valence-corrected chi connectivity index (χ0v) is 15.3. The van der Waals surface area contributed by atoms with E-state index in [2.05, 4.69) is 16.7 Å². The number of nitrogens with zero attached hydrogens (tertiary/aromatic N) is 1. The standard InChI is InChI=1S/C19H21N3O2S/c1-12-13(4-3-5-16(12)24-2)6-7-18(23)22-19-15(10-20)14-8-9-21-11-17(14)25-19/h3-5,21H,6-9,11H2,1-2H3,(H,22,23). The molecule has 0 radical (unpaired) electrons. The molecular formula is C19H21N3O2S. The van der Waals surface area contributed by atoms with Crippen LogP contribution in [0.25, 0.3) is 0 Å². The molecule has 0 bridgehead atoms. The van der Waals surface area contributed by atoms with Crippen LogP contribution in [-0.2, 0) is 24.2 Å². The molecule has 3 rings (SSSR count). The van der Waals surface area contributed by atoms with Gasteiger partial charge in [-0.3, -0.25) is 4.79 Å². The molecule has 1 aromatic heterocycles. The Kier molecular flexibility index (Phi) is 5.37. The van der Waals surface area contributed by atoms with Gasteiger partial charge in [0.1, 0.15) is 16.8 Å². The van der Waals surface area contributed by atoms with E-state index in [1.165, 1.54) is 11.3 Å². The summed E-state index contributed by atoms with van der Waals surface area (Å²) in [7, 11) is 1.65.